The van der Waals surface area contributed by atoms with Gasteiger partial charge in [0.15, 0.2) is 0 Å². The minimum Gasteiger partial charge on any atom is -0.379 e. The predicted molar refractivity (Wildman–Crippen MR) is 101 cm³/mol. The summed E-state index contributed by atoms with van der Waals surface area (Å²) in [5, 5.41) is 4.15. The van der Waals surface area contributed by atoms with Crippen LogP contribution in [0.2, 0.25) is 0 Å². The number of carbonyl (C=O) groups is 1. The average Bonchev–Trinajstić information content (AvgIpc) is 3.27. The van der Waals surface area contributed by atoms with Gasteiger partial charge in [-0.25, -0.2) is 8.42 Å². The Morgan fingerprint density at radius 2 is 2.07 bits per heavy atom. The van der Waals surface area contributed by atoms with Crippen LogP contribution in [0.1, 0.15) is 23.3 Å². The second-order valence-electron chi connectivity index (χ2n) is 7.25. The fraction of sp³-hybridized carbons (Fsp3) is 0.765. The van der Waals surface area contributed by atoms with Gasteiger partial charge in [0.05, 0.1) is 19.5 Å². The first-order valence-corrected chi connectivity index (χ1v) is 11.3. The fourth-order valence-electron chi connectivity index (χ4n) is 3.75. The first-order chi connectivity index (χ1) is 12.8. The molecule has 0 aromatic carbocycles. The molecule has 27 heavy (non-hydrogen) atoms. The molecule has 2 saturated heterocycles. The van der Waals surface area contributed by atoms with Gasteiger partial charge in [-0.05, 0) is 25.5 Å². The molecular formula is C17H29N5O4S. The highest BCUT2D eigenvalue weighted by molar-refractivity contribution is 7.88. The standard InChI is InChI=1S/C17H29N5O4S/c1-19-8-5-16(18-19)17(23)21-9-4-15(14-21)22(27(2,24)25)7-3-6-20-10-12-26-13-11-20/h5,8,15H,3-4,6-7,9-14H2,1-2H3. The molecule has 2 fully saturated rings. The van der Waals surface area contributed by atoms with Crippen LogP contribution in [0.25, 0.3) is 0 Å². The fourth-order valence-corrected chi connectivity index (χ4v) is 4.92. The van der Waals surface area contributed by atoms with E-state index >= 15 is 0 Å². The zero-order chi connectivity index (χ0) is 19.4. The maximum absolute atomic E-state index is 12.6. The van der Waals surface area contributed by atoms with Crippen LogP contribution in [0.3, 0.4) is 0 Å². The Kier molecular flexibility index (Phi) is 6.51. The van der Waals surface area contributed by atoms with E-state index < -0.39 is 10.0 Å². The van der Waals surface area contributed by atoms with E-state index in [1.165, 1.54) is 6.26 Å². The minimum absolute atomic E-state index is 0.139. The number of hydrogen-bond acceptors (Lipinski definition) is 6. The molecule has 1 atom stereocenters. The Morgan fingerprint density at radius 1 is 1.33 bits per heavy atom. The summed E-state index contributed by atoms with van der Waals surface area (Å²) in [4.78, 5) is 16.6. The van der Waals surface area contributed by atoms with Crippen LogP contribution >= 0.6 is 0 Å². The van der Waals surface area contributed by atoms with Crippen molar-refractivity contribution in [1.82, 2.24) is 23.9 Å². The maximum atomic E-state index is 12.6. The van der Waals surface area contributed by atoms with Gasteiger partial charge in [-0.3, -0.25) is 14.4 Å². The van der Waals surface area contributed by atoms with Gasteiger partial charge in [0.25, 0.3) is 5.91 Å². The molecule has 0 N–H and O–H groups in total. The highest BCUT2D eigenvalue weighted by Gasteiger charge is 2.35. The molecular weight excluding hydrogens is 370 g/mol. The smallest absolute Gasteiger partial charge is 0.274 e. The van der Waals surface area contributed by atoms with Crippen molar-refractivity contribution in [1.29, 1.82) is 0 Å². The largest absolute Gasteiger partial charge is 0.379 e. The van der Waals surface area contributed by atoms with Crippen LogP contribution < -0.4 is 0 Å². The number of ether oxygens (including phenoxy) is 1. The van der Waals surface area contributed by atoms with Crippen molar-refractivity contribution in [3.8, 4) is 0 Å². The van der Waals surface area contributed by atoms with E-state index in [0.29, 0.717) is 31.7 Å². The molecule has 9 nitrogen and oxygen atoms in total. The van der Waals surface area contributed by atoms with E-state index in [2.05, 4.69) is 10.00 Å². The van der Waals surface area contributed by atoms with Crippen LogP contribution in [0.15, 0.2) is 12.3 Å². The summed E-state index contributed by atoms with van der Waals surface area (Å²) in [6.07, 6.45) is 4.42. The Hall–Kier alpha value is -1.49. The molecule has 1 aromatic heterocycles. The van der Waals surface area contributed by atoms with E-state index in [0.717, 1.165) is 39.3 Å². The van der Waals surface area contributed by atoms with Crippen LogP contribution in [-0.2, 0) is 21.8 Å². The summed E-state index contributed by atoms with van der Waals surface area (Å²) in [7, 11) is -1.56. The molecule has 10 heteroatoms. The first kappa shape index (κ1) is 20.2. The van der Waals surface area contributed by atoms with Crippen LogP contribution in [-0.4, -0.2) is 103 Å². The average molecular weight is 400 g/mol. The summed E-state index contributed by atoms with van der Waals surface area (Å²) in [5.74, 6) is -0.139. The van der Waals surface area contributed by atoms with Crippen molar-refractivity contribution in [2.24, 2.45) is 7.05 Å². The molecule has 0 bridgehead atoms. The van der Waals surface area contributed by atoms with E-state index in [4.69, 9.17) is 4.74 Å². The Morgan fingerprint density at radius 3 is 2.70 bits per heavy atom. The number of carbonyl (C=O) groups excluding carboxylic acids is 1. The molecule has 3 rings (SSSR count). The summed E-state index contributed by atoms with van der Waals surface area (Å²) in [6, 6.07) is 1.52. The summed E-state index contributed by atoms with van der Waals surface area (Å²) < 4.78 is 33.2. The van der Waals surface area contributed by atoms with Gasteiger partial charge in [0, 0.05) is 52.0 Å². The van der Waals surface area contributed by atoms with Crippen LogP contribution in [0, 0.1) is 0 Å². The van der Waals surface area contributed by atoms with Crippen molar-refractivity contribution in [2.45, 2.75) is 18.9 Å². The number of morpholine rings is 1. The van der Waals surface area contributed by atoms with E-state index in [1.54, 1.807) is 33.2 Å². The Bertz CT molecular complexity index is 744. The number of aryl methyl sites for hydroxylation is 1. The lowest BCUT2D eigenvalue weighted by Crippen LogP contribution is -2.44. The topological polar surface area (TPSA) is 88.0 Å². The van der Waals surface area contributed by atoms with Gasteiger partial charge < -0.3 is 9.64 Å². The molecule has 2 aliphatic rings. The molecule has 0 aliphatic carbocycles. The lowest BCUT2D eigenvalue weighted by molar-refractivity contribution is 0.0366. The van der Waals surface area contributed by atoms with Gasteiger partial charge in [0.1, 0.15) is 5.69 Å². The van der Waals surface area contributed by atoms with Crippen LogP contribution in [0.5, 0.6) is 0 Å². The summed E-state index contributed by atoms with van der Waals surface area (Å²) in [6.45, 7) is 5.58. The van der Waals surface area contributed by atoms with E-state index in [-0.39, 0.29) is 11.9 Å². The van der Waals surface area contributed by atoms with Gasteiger partial charge >= 0.3 is 0 Å². The van der Waals surface area contributed by atoms with E-state index in [9.17, 15) is 13.2 Å². The number of likely N-dealkylation sites (tertiary alicyclic amines) is 1. The highest BCUT2D eigenvalue weighted by atomic mass is 32.2. The third-order valence-electron chi connectivity index (χ3n) is 5.17. The lowest BCUT2D eigenvalue weighted by Gasteiger charge is -2.29. The molecule has 0 spiro atoms. The number of nitrogens with zero attached hydrogens (tertiary/aromatic N) is 5. The monoisotopic (exact) mass is 399 g/mol. The summed E-state index contributed by atoms with van der Waals surface area (Å²) in [5.41, 5.74) is 0.399. The van der Waals surface area contributed by atoms with Crippen molar-refractivity contribution >= 4 is 15.9 Å². The normalized spacial score (nSPS) is 21.9. The third kappa shape index (κ3) is 5.28. The molecule has 1 unspecified atom stereocenters. The van der Waals surface area contributed by atoms with Crippen molar-refractivity contribution in [3.05, 3.63) is 18.0 Å². The number of rotatable bonds is 7. The molecule has 152 valence electrons. The molecule has 1 amide bonds. The van der Waals surface area contributed by atoms with Crippen molar-refractivity contribution < 1.29 is 17.9 Å². The Labute approximate surface area is 160 Å². The number of hydrogen-bond donors (Lipinski definition) is 0. The lowest BCUT2D eigenvalue weighted by atomic mass is 10.2. The number of sulfonamides is 1. The van der Waals surface area contributed by atoms with Gasteiger partial charge in [-0.1, -0.05) is 0 Å². The number of aromatic nitrogens is 2. The van der Waals surface area contributed by atoms with Crippen LogP contribution in [0.4, 0.5) is 0 Å². The zero-order valence-corrected chi connectivity index (χ0v) is 16.9. The highest BCUT2D eigenvalue weighted by Crippen LogP contribution is 2.20. The molecule has 2 aliphatic heterocycles. The van der Waals surface area contributed by atoms with Crippen molar-refractivity contribution in [2.75, 3.05) is 58.7 Å². The molecule has 3 heterocycles. The molecule has 0 radical (unpaired) electrons. The minimum atomic E-state index is -3.33. The predicted octanol–water partition coefficient (Wildman–Crippen LogP) is -0.381. The maximum Gasteiger partial charge on any atom is 0.274 e. The molecule has 1 aromatic rings. The second kappa shape index (κ2) is 8.68. The third-order valence-corrected chi connectivity index (χ3v) is 6.51. The van der Waals surface area contributed by atoms with Gasteiger partial charge in [0.2, 0.25) is 10.0 Å². The molecule has 0 saturated carbocycles. The SMILES string of the molecule is Cn1ccc(C(=O)N2CCC(N(CCCN3CCOCC3)S(C)(=O)=O)C2)n1. The van der Waals surface area contributed by atoms with Gasteiger partial charge in [-0.15, -0.1) is 0 Å². The van der Waals surface area contributed by atoms with E-state index in [1.807, 2.05) is 0 Å². The zero-order valence-electron chi connectivity index (χ0n) is 16.1. The van der Waals surface area contributed by atoms with Gasteiger partial charge in [-0.2, -0.15) is 9.40 Å². The number of amides is 1. The summed E-state index contributed by atoms with van der Waals surface area (Å²) >= 11 is 0. The quantitative estimate of drug-likeness (QED) is 0.621. The second-order valence-corrected chi connectivity index (χ2v) is 9.18. The first-order valence-electron chi connectivity index (χ1n) is 9.40. The Balaban J connectivity index is 1.56. The van der Waals surface area contributed by atoms with Crippen molar-refractivity contribution in [3.63, 3.8) is 0 Å².